The van der Waals surface area contributed by atoms with Crippen LogP contribution in [0.5, 0.6) is 5.75 Å². The van der Waals surface area contributed by atoms with Gasteiger partial charge < -0.3 is 10.8 Å². The van der Waals surface area contributed by atoms with E-state index in [-0.39, 0.29) is 5.75 Å². The number of rotatable bonds is 1. The number of hydrogen-bond donors (Lipinski definition) is 2. The number of aromatic hydroxyl groups is 1. The van der Waals surface area contributed by atoms with Crippen molar-refractivity contribution in [2.75, 3.05) is 5.73 Å². The van der Waals surface area contributed by atoms with Gasteiger partial charge in [-0.15, -0.1) is 11.3 Å². The number of phenols is 1. The van der Waals surface area contributed by atoms with Gasteiger partial charge >= 0.3 is 0 Å². The van der Waals surface area contributed by atoms with Crippen molar-refractivity contribution in [3.8, 4) is 16.3 Å². The molecule has 0 atom stereocenters. The fourth-order valence-corrected chi connectivity index (χ4v) is 3.20. The van der Waals surface area contributed by atoms with E-state index < -0.39 is 0 Å². The molecule has 0 saturated carbocycles. The van der Waals surface area contributed by atoms with E-state index in [2.05, 4.69) is 18.0 Å². The second kappa shape index (κ2) is 4.24. The van der Waals surface area contributed by atoms with E-state index in [9.17, 15) is 5.11 Å². The maximum absolute atomic E-state index is 10.2. The zero-order valence-electron chi connectivity index (χ0n) is 10.8. The van der Waals surface area contributed by atoms with E-state index in [1.54, 1.807) is 23.5 Å². The van der Waals surface area contributed by atoms with Gasteiger partial charge in [-0.3, -0.25) is 0 Å². The average Bonchev–Trinajstić information content (AvgIpc) is 2.76. The molecule has 0 radical (unpaired) electrons. The number of aromatic nitrogens is 1. The normalized spacial score (nSPS) is 11.1. The molecule has 0 unspecified atom stereocenters. The lowest BCUT2D eigenvalue weighted by Gasteiger charge is -2.05. The summed E-state index contributed by atoms with van der Waals surface area (Å²) in [6, 6.07) is 9.67. The number of nitrogens with two attached hydrogens (primary N) is 1. The van der Waals surface area contributed by atoms with Gasteiger partial charge in [0, 0.05) is 5.69 Å². The van der Waals surface area contributed by atoms with Crippen molar-refractivity contribution in [2.24, 2.45) is 0 Å². The second-order valence-corrected chi connectivity index (χ2v) is 5.75. The van der Waals surface area contributed by atoms with Crippen LogP contribution >= 0.6 is 11.3 Å². The summed E-state index contributed by atoms with van der Waals surface area (Å²) in [5.41, 5.74) is 10.1. The van der Waals surface area contributed by atoms with Crippen LogP contribution in [0, 0.1) is 13.8 Å². The quantitative estimate of drug-likeness (QED) is 0.521. The van der Waals surface area contributed by atoms with E-state index in [1.165, 1.54) is 5.56 Å². The molecule has 19 heavy (non-hydrogen) atoms. The molecule has 0 aliphatic rings. The van der Waals surface area contributed by atoms with Crippen LogP contribution in [0.3, 0.4) is 0 Å². The van der Waals surface area contributed by atoms with Crippen molar-refractivity contribution < 1.29 is 5.11 Å². The number of nitrogens with zero attached hydrogens (tertiary/aromatic N) is 1. The molecule has 0 bridgehead atoms. The molecule has 4 heteroatoms. The Bertz CT molecular complexity index is 777. The molecule has 0 aliphatic carbocycles. The lowest BCUT2D eigenvalue weighted by molar-refractivity contribution is 0.473. The van der Waals surface area contributed by atoms with Gasteiger partial charge in [0.2, 0.25) is 0 Å². The van der Waals surface area contributed by atoms with Crippen LogP contribution < -0.4 is 5.73 Å². The predicted octanol–water partition coefficient (Wildman–Crippen LogP) is 3.87. The van der Waals surface area contributed by atoms with E-state index in [1.807, 2.05) is 19.1 Å². The number of thiazole rings is 1. The summed E-state index contributed by atoms with van der Waals surface area (Å²) in [6.07, 6.45) is 0. The molecule has 0 amide bonds. The number of phenolic OH excluding ortho intramolecular Hbond substituents is 1. The zero-order chi connectivity index (χ0) is 13.6. The summed E-state index contributed by atoms with van der Waals surface area (Å²) in [5, 5.41) is 11.0. The highest BCUT2D eigenvalue weighted by molar-refractivity contribution is 7.21. The number of fused-ring (bicyclic) bond motifs is 1. The summed E-state index contributed by atoms with van der Waals surface area (Å²) < 4.78 is 1.12. The summed E-state index contributed by atoms with van der Waals surface area (Å²) in [4.78, 5) is 4.57. The van der Waals surface area contributed by atoms with Crippen molar-refractivity contribution in [1.29, 1.82) is 0 Å². The predicted molar refractivity (Wildman–Crippen MR) is 80.6 cm³/mol. The van der Waals surface area contributed by atoms with Crippen LogP contribution in [0.25, 0.3) is 20.8 Å². The molecule has 0 aliphatic heterocycles. The van der Waals surface area contributed by atoms with Crippen LogP contribution in [-0.2, 0) is 0 Å². The maximum Gasteiger partial charge on any atom is 0.128 e. The zero-order valence-corrected chi connectivity index (χ0v) is 11.6. The third-order valence-electron chi connectivity index (χ3n) is 3.10. The van der Waals surface area contributed by atoms with Gasteiger partial charge in [-0.2, -0.15) is 0 Å². The summed E-state index contributed by atoms with van der Waals surface area (Å²) >= 11 is 1.57. The molecule has 0 spiro atoms. The van der Waals surface area contributed by atoms with Crippen molar-refractivity contribution in [3.05, 3.63) is 41.5 Å². The number of aryl methyl sites for hydroxylation is 2. The van der Waals surface area contributed by atoms with Gasteiger partial charge in [0.15, 0.2) is 0 Å². The highest BCUT2D eigenvalue weighted by Gasteiger charge is 2.13. The van der Waals surface area contributed by atoms with E-state index in [0.29, 0.717) is 11.3 Å². The van der Waals surface area contributed by atoms with Crippen molar-refractivity contribution in [3.63, 3.8) is 0 Å². The molecule has 2 aromatic carbocycles. The topological polar surface area (TPSA) is 59.1 Å². The first-order valence-electron chi connectivity index (χ1n) is 6.01. The fourth-order valence-electron chi connectivity index (χ4n) is 2.12. The van der Waals surface area contributed by atoms with Crippen molar-refractivity contribution in [1.82, 2.24) is 4.98 Å². The van der Waals surface area contributed by atoms with Crippen molar-refractivity contribution in [2.45, 2.75) is 13.8 Å². The molecular weight excluding hydrogens is 256 g/mol. The molecule has 3 rings (SSSR count). The number of benzene rings is 2. The van der Waals surface area contributed by atoms with Gasteiger partial charge in [0.25, 0.3) is 0 Å². The Kier molecular flexibility index (Phi) is 2.68. The molecule has 0 saturated heterocycles. The molecular formula is C15H14N2OS. The summed E-state index contributed by atoms with van der Waals surface area (Å²) in [6.45, 7) is 3.90. The second-order valence-electron chi connectivity index (χ2n) is 4.72. The minimum absolute atomic E-state index is 0.255. The first kappa shape index (κ1) is 12.0. The highest BCUT2D eigenvalue weighted by Crippen LogP contribution is 2.38. The fraction of sp³-hybridized carbons (Fsp3) is 0.133. The van der Waals surface area contributed by atoms with E-state index in [0.717, 1.165) is 20.8 Å². The van der Waals surface area contributed by atoms with Crippen LogP contribution in [0.2, 0.25) is 0 Å². The molecule has 3 nitrogen and oxygen atoms in total. The lowest BCUT2D eigenvalue weighted by Crippen LogP contribution is -1.89. The molecule has 1 aromatic heterocycles. The van der Waals surface area contributed by atoms with Gasteiger partial charge in [-0.25, -0.2) is 4.98 Å². The molecule has 3 N–H and O–H groups in total. The first-order chi connectivity index (χ1) is 9.04. The average molecular weight is 270 g/mol. The summed E-state index contributed by atoms with van der Waals surface area (Å²) in [7, 11) is 0. The Morgan fingerprint density at radius 1 is 1.16 bits per heavy atom. The Labute approximate surface area is 115 Å². The summed E-state index contributed by atoms with van der Waals surface area (Å²) in [5.74, 6) is 0.255. The monoisotopic (exact) mass is 270 g/mol. The van der Waals surface area contributed by atoms with Gasteiger partial charge in [-0.05, 0) is 49.2 Å². The highest BCUT2D eigenvalue weighted by atomic mass is 32.1. The third kappa shape index (κ3) is 2.04. The molecule has 0 fully saturated rings. The minimum atomic E-state index is 0.255. The Morgan fingerprint density at radius 3 is 2.74 bits per heavy atom. The van der Waals surface area contributed by atoms with Crippen LogP contribution in [-0.4, -0.2) is 10.1 Å². The Balaban J connectivity index is 2.24. The Morgan fingerprint density at radius 2 is 1.95 bits per heavy atom. The van der Waals surface area contributed by atoms with Gasteiger partial charge in [0.05, 0.1) is 15.8 Å². The number of hydrogen-bond acceptors (Lipinski definition) is 4. The van der Waals surface area contributed by atoms with Crippen LogP contribution in [0.15, 0.2) is 30.3 Å². The van der Waals surface area contributed by atoms with Gasteiger partial charge in [0.1, 0.15) is 10.8 Å². The molecule has 3 aromatic rings. The lowest BCUT2D eigenvalue weighted by atomic mass is 10.1. The maximum atomic E-state index is 10.2. The Hall–Kier alpha value is -2.07. The first-order valence-corrected chi connectivity index (χ1v) is 6.83. The van der Waals surface area contributed by atoms with E-state index in [4.69, 9.17) is 5.73 Å². The largest absolute Gasteiger partial charge is 0.507 e. The van der Waals surface area contributed by atoms with Gasteiger partial charge in [-0.1, -0.05) is 6.07 Å². The number of anilines is 1. The third-order valence-corrected chi connectivity index (χ3v) is 4.15. The van der Waals surface area contributed by atoms with Crippen LogP contribution in [0.1, 0.15) is 11.1 Å². The standard InChI is InChI=1S/C15H14N2OS/c1-8-3-4-12-13(5-8)19-15(17-12)11-7-10(16)6-9(2)14(11)18/h3-7,18H,16H2,1-2H3. The smallest absolute Gasteiger partial charge is 0.128 e. The molecule has 96 valence electrons. The van der Waals surface area contributed by atoms with Crippen LogP contribution in [0.4, 0.5) is 5.69 Å². The van der Waals surface area contributed by atoms with E-state index >= 15 is 0 Å². The van der Waals surface area contributed by atoms with Crippen molar-refractivity contribution >= 4 is 27.2 Å². The minimum Gasteiger partial charge on any atom is -0.507 e. The SMILES string of the molecule is Cc1ccc2nc(-c3cc(N)cc(C)c3O)sc2c1. The number of nitrogen functional groups attached to an aromatic ring is 1. The molecule has 1 heterocycles.